The predicted molar refractivity (Wildman–Crippen MR) is 52.9 cm³/mol. The normalized spacial score (nSPS) is 43.8. The molecule has 0 N–H and O–H groups in total. The summed E-state index contributed by atoms with van der Waals surface area (Å²) in [6.45, 7) is 7.24. The van der Waals surface area contributed by atoms with Crippen LogP contribution in [0.15, 0.2) is 0 Å². The van der Waals surface area contributed by atoms with E-state index >= 15 is 0 Å². The Morgan fingerprint density at radius 2 is 2.00 bits per heavy atom. The van der Waals surface area contributed by atoms with Crippen LogP contribution in [-0.4, -0.2) is 0 Å². The third kappa shape index (κ3) is 1.11. The molecule has 0 aromatic rings. The molecule has 12 heavy (non-hydrogen) atoms. The average Bonchev–Trinajstić information content (AvgIpc) is 2.07. The molecule has 0 bridgehead atoms. The van der Waals surface area contributed by atoms with Gasteiger partial charge in [0.2, 0.25) is 0 Å². The summed E-state index contributed by atoms with van der Waals surface area (Å²) in [5.41, 5.74) is 0. The molecule has 0 heterocycles. The summed E-state index contributed by atoms with van der Waals surface area (Å²) >= 11 is 0. The van der Waals surface area contributed by atoms with Crippen LogP contribution in [0.1, 0.15) is 46.5 Å². The standard InChI is InChI=1S/C12H22/c1-4-8(2)9(3)12-7-10-5-6-11(10)12/h8-12H,4-7H2,1-3H3. The second kappa shape index (κ2) is 3.05. The van der Waals surface area contributed by atoms with Gasteiger partial charge in [0.05, 0.1) is 0 Å². The van der Waals surface area contributed by atoms with Crippen molar-refractivity contribution in [1.82, 2.24) is 0 Å². The molecule has 2 fully saturated rings. The number of hydrogen-bond acceptors (Lipinski definition) is 0. The zero-order valence-corrected chi connectivity index (χ0v) is 8.72. The molecule has 2 aliphatic carbocycles. The molecule has 2 aliphatic rings. The highest BCUT2D eigenvalue weighted by molar-refractivity contribution is 4.98. The molecule has 0 aliphatic heterocycles. The fourth-order valence-electron chi connectivity index (χ4n) is 3.18. The van der Waals surface area contributed by atoms with E-state index in [0.717, 1.165) is 23.7 Å². The highest BCUT2D eigenvalue weighted by atomic mass is 14.5. The molecule has 70 valence electrons. The van der Waals surface area contributed by atoms with E-state index in [0.29, 0.717) is 0 Å². The summed E-state index contributed by atoms with van der Waals surface area (Å²) in [4.78, 5) is 0. The molecule has 0 heteroatoms. The largest absolute Gasteiger partial charge is 0.0651 e. The van der Waals surface area contributed by atoms with Crippen LogP contribution in [0.5, 0.6) is 0 Å². The molecule has 0 saturated heterocycles. The van der Waals surface area contributed by atoms with Crippen LogP contribution in [0.3, 0.4) is 0 Å². The van der Waals surface area contributed by atoms with Crippen molar-refractivity contribution in [2.45, 2.75) is 46.5 Å². The van der Waals surface area contributed by atoms with E-state index in [2.05, 4.69) is 20.8 Å². The third-order valence-corrected chi connectivity index (χ3v) is 4.82. The van der Waals surface area contributed by atoms with Crippen LogP contribution >= 0.6 is 0 Å². The second-order valence-electron chi connectivity index (χ2n) is 5.15. The van der Waals surface area contributed by atoms with Gasteiger partial charge < -0.3 is 0 Å². The summed E-state index contributed by atoms with van der Waals surface area (Å²) in [6.07, 6.45) is 6.04. The van der Waals surface area contributed by atoms with Crippen LogP contribution in [0.4, 0.5) is 0 Å². The Morgan fingerprint density at radius 1 is 1.25 bits per heavy atom. The van der Waals surface area contributed by atoms with Crippen molar-refractivity contribution in [3.8, 4) is 0 Å². The van der Waals surface area contributed by atoms with E-state index in [-0.39, 0.29) is 0 Å². The monoisotopic (exact) mass is 166 g/mol. The summed E-state index contributed by atoms with van der Waals surface area (Å²) in [6, 6.07) is 0. The SMILES string of the molecule is CCC(C)C(C)C1CC2CCC21. The summed E-state index contributed by atoms with van der Waals surface area (Å²) in [5, 5.41) is 0. The van der Waals surface area contributed by atoms with E-state index in [1.54, 1.807) is 19.3 Å². The Kier molecular flexibility index (Phi) is 2.18. The fourth-order valence-corrected chi connectivity index (χ4v) is 3.18. The highest BCUT2D eigenvalue weighted by Crippen LogP contribution is 2.57. The van der Waals surface area contributed by atoms with Gasteiger partial charge in [0.15, 0.2) is 0 Å². The first-order valence-corrected chi connectivity index (χ1v) is 5.74. The van der Waals surface area contributed by atoms with Crippen molar-refractivity contribution >= 4 is 0 Å². The first kappa shape index (κ1) is 8.59. The second-order valence-corrected chi connectivity index (χ2v) is 5.15. The maximum Gasteiger partial charge on any atom is -0.0352 e. The number of hydrogen-bond donors (Lipinski definition) is 0. The maximum atomic E-state index is 2.48. The molecule has 0 spiro atoms. The van der Waals surface area contributed by atoms with Crippen LogP contribution in [0.25, 0.3) is 0 Å². The third-order valence-electron chi connectivity index (χ3n) is 4.82. The zero-order chi connectivity index (χ0) is 8.72. The van der Waals surface area contributed by atoms with Gasteiger partial charge in [-0.25, -0.2) is 0 Å². The van der Waals surface area contributed by atoms with Crippen molar-refractivity contribution in [1.29, 1.82) is 0 Å². The predicted octanol–water partition coefficient (Wildman–Crippen LogP) is 3.71. The van der Waals surface area contributed by atoms with Gasteiger partial charge >= 0.3 is 0 Å². The maximum absolute atomic E-state index is 2.48. The lowest BCUT2D eigenvalue weighted by molar-refractivity contribution is -0.0662. The number of fused-ring (bicyclic) bond motifs is 1. The van der Waals surface area contributed by atoms with Crippen LogP contribution in [-0.2, 0) is 0 Å². The van der Waals surface area contributed by atoms with Crippen LogP contribution in [0.2, 0.25) is 0 Å². The lowest BCUT2D eigenvalue weighted by Crippen LogP contribution is -2.48. The van der Waals surface area contributed by atoms with E-state index in [1.165, 1.54) is 12.3 Å². The fraction of sp³-hybridized carbons (Fsp3) is 1.00. The molecule has 5 atom stereocenters. The molecule has 2 rings (SSSR count). The highest BCUT2D eigenvalue weighted by Gasteiger charge is 2.49. The lowest BCUT2D eigenvalue weighted by atomic mass is 9.49. The molecular weight excluding hydrogens is 144 g/mol. The van der Waals surface area contributed by atoms with Gasteiger partial charge in [-0.3, -0.25) is 0 Å². The van der Waals surface area contributed by atoms with Crippen molar-refractivity contribution in [3.05, 3.63) is 0 Å². The van der Waals surface area contributed by atoms with Gasteiger partial charge in [-0.15, -0.1) is 0 Å². The minimum atomic E-state index is 0.955. The van der Waals surface area contributed by atoms with Crippen molar-refractivity contribution in [2.75, 3.05) is 0 Å². The van der Waals surface area contributed by atoms with Gasteiger partial charge in [-0.05, 0) is 48.9 Å². The summed E-state index contributed by atoms with van der Waals surface area (Å²) in [7, 11) is 0. The van der Waals surface area contributed by atoms with Crippen molar-refractivity contribution < 1.29 is 0 Å². The summed E-state index contributed by atoms with van der Waals surface area (Å²) in [5.74, 6) is 5.39. The first-order chi connectivity index (χ1) is 5.74. The summed E-state index contributed by atoms with van der Waals surface area (Å²) < 4.78 is 0. The van der Waals surface area contributed by atoms with E-state index in [1.807, 2.05) is 0 Å². The molecule has 0 amide bonds. The minimum absolute atomic E-state index is 0.955. The lowest BCUT2D eigenvalue weighted by Gasteiger charge is -2.56. The Labute approximate surface area is 76.7 Å². The minimum Gasteiger partial charge on any atom is -0.0651 e. The molecule has 0 nitrogen and oxygen atoms in total. The molecule has 0 aromatic carbocycles. The molecule has 2 saturated carbocycles. The van der Waals surface area contributed by atoms with Gasteiger partial charge in [0.25, 0.3) is 0 Å². The topological polar surface area (TPSA) is 0 Å². The number of rotatable bonds is 3. The van der Waals surface area contributed by atoms with E-state index in [4.69, 9.17) is 0 Å². The van der Waals surface area contributed by atoms with Gasteiger partial charge in [0.1, 0.15) is 0 Å². The van der Waals surface area contributed by atoms with Gasteiger partial charge in [-0.1, -0.05) is 27.2 Å². The molecular formula is C12H22. The molecule has 0 aromatic heterocycles. The van der Waals surface area contributed by atoms with Gasteiger partial charge in [-0.2, -0.15) is 0 Å². The van der Waals surface area contributed by atoms with Crippen molar-refractivity contribution in [3.63, 3.8) is 0 Å². The Bertz CT molecular complexity index is 157. The van der Waals surface area contributed by atoms with Crippen molar-refractivity contribution in [2.24, 2.45) is 29.6 Å². The average molecular weight is 166 g/mol. The Balaban J connectivity index is 1.84. The molecule has 5 unspecified atom stereocenters. The smallest absolute Gasteiger partial charge is 0.0352 e. The van der Waals surface area contributed by atoms with E-state index in [9.17, 15) is 0 Å². The van der Waals surface area contributed by atoms with Gasteiger partial charge in [0, 0.05) is 0 Å². The molecule has 0 radical (unpaired) electrons. The first-order valence-electron chi connectivity index (χ1n) is 5.74. The Morgan fingerprint density at radius 3 is 2.33 bits per heavy atom. The van der Waals surface area contributed by atoms with E-state index < -0.39 is 0 Å². The van der Waals surface area contributed by atoms with Crippen LogP contribution < -0.4 is 0 Å². The quantitative estimate of drug-likeness (QED) is 0.599. The zero-order valence-electron chi connectivity index (χ0n) is 8.72. The Hall–Kier alpha value is 0. The van der Waals surface area contributed by atoms with Crippen LogP contribution in [0, 0.1) is 29.6 Å².